The van der Waals surface area contributed by atoms with Crippen LogP contribution in [0.3, 0.4) is 0 Å². The van der Waals surface area contributed by atoms with Crippen molar-refractivity contribution >= 4 is 29.7 Å². The van der Waals surface area contributed by atoms with Crippen LogP contribution in [0, 0.1) is 0 Å². The van der Waals surface area contributed by atoms with Crippen LogP contribution in [0.4, 0.5) is 0 Å². The molecular formula is C25H28OS. The van der Waals surface area contributed by atoms with Crippen molar-refractivity contribution in [2.45, 2.75) is 39.5 Å². The van der Waals surface area contributed by atoms with E-state index in [1.54, 1.807) is 0 Å². The Balaban J connectivity index is 1.80. The molecule has 3 rings (SSSR count). The summed E-state index contributed by atoms with van der Waals surface area (Å²) < 4.78 is 0. The Bertz CT molecular complexity index is 781. The van der Waals surface area contributed by atoms with E-state index in [1.807, 2.05) is 23.9 Å². The molecule has 140 valence electrons. The van der Waals surface area contributed by atoms with Crippen LogP contribution in [0.25, 0.3) is 12.2 Å². The molecule has 0 N–H and O–H groups in total. The lowest BCUT2D eigenvalue weighted by atomic mass is 9.97. The normalized spacial score (nSPS) is 18.1. The standard InChI is InChI=1S/C25H28OS/c1-17(2)21-9-5-19(6-10-21)13-23-15-27-16-24(25(23)26)14-20-7-11-22(12-8-20)18(3)4/h5-14,17-18H,15-16H2,1-4H3/b23-13+,24-14+. The Morgan fingerprint density at radius 2 is 1.07 bits per heavy atom. The summed E-state index contributed by atoms with van der Waals surface area (Å²) >= 11 is 1.81. The number of Topliss-reactive ketones (excluding diaryl/α,β-unsaturated/α-hetero) is 1. The lowest BCUT2D eigenvalue weighted by Gasteiger charge is -2.16. The van der Waals surface area contributed by atoms with Gasteiger partial charge in [-0.25, -0.2) is 0 Å². The zero-order chi connectivity index (χ0) is 19.4. The number of benzene rings is 2. The van der Waals surface area contributed by atoms with Gasteiger partial charge in [0.05, 0.1) is 0 Å². The van der Waals surface area contributed by atoms with Gasteiger partial charge in [-0.3, -0.25) is 4.79 Å². The molecule has 2 aromatic rings. The quantitative estimate of drug-likeness (QED) is 0.551. The molecule has 0 unspecified atom stereocenters. The Morgan fingerprint density at radius 3 is 1.41 bits per heavy atom. The monoisotopic (exact) mass is 376 g/mol. The average molecular weight is 377 g/mol. The molecule has 1 saturated heterocycles. The summed E-state index contributed by atoms with van der Waals surface area (Å²) in [4.78, 5) is 12.9. The van der Waals surface area contributed by atoms with Gasteiger partial charge in [0.25, 0.3) is 0 Å². The molecule has 1 fully saturated rings. The minimum atomic E-state index is 0.189. The Labute approximate surface area is 167 Å². The fourth-order valence-corrected chi connectivity index (χ4v) is 4.15. The number of carbonyl (C=O) groups is 1. The molecule has 1 aliphatic heterocycles. The lowest BCUT2D eigenvalue weighted by molar-refractivity contribution is -0.112. The van der Waals surface area contributed by atoms with Crippen LogP contribution in [0.2, 0.25) is 0 Å². The fraction of sp³-hybridized carbons (Fsp3) is 0.320. The van der Waals surface area contributed by atoms with Gasteiger partial charge in [-0.2, -0.15) is 11.8 Å². The van der Waals surface area contributed by atoms with E-state index in [9.17, 15) is 4.79 Å². The third-order valence-corrected chi connectivity index (χ3v) is 6.02. The number of rotatable bonds is 4. The second-order valence-corrected chi connectivity index (χ2v) is 8.79. The van der Waals surface area contributed by atoms with E-state index in [-0.39, 0.29) is 5.78 Å². The van der Waals surface area contributed by atoms with Crippen molar-refractivity contribution in [1.82, 2.24) is 0 Å². The predicted octanol–water partition coefficient (Wildman–Crippen LogP) is 6.72. The molecule has 0 atom stereocenters. The Kier molecular flexibility index (Phi) is 6.38. The first kappa shape index (κ1) is 19.7. The molecule has 0 aliphatic carbocycles. The highest BCUT2D eigenvalue weighted by molar-refractivity contribution is 7.99. The summed E-state index contributed by atoms with van der Waals surface area (Å²) in [7, 11) is 0. The second-order valence-electron chi connectivity index (χ2n) is 7.80. The number of thioether (sulfide) groups is 1. The molecule has 0 saturated carbocycles. The lowest BCUT2D eigenvalue weighted by Crippen LogP contribution is -2.16. The van der Waals surface area contributed by atoms with Crippen molar-refractivity contribution in [3.05, 3.63) is 81.9 Å². The molecule has 1 heterocycles. The summed E-state index contributed by atoms with van der Waals surface area (Å²) in [6.07, 6.45) is 4.10. The number of carbonyl (C=O) groups excluding carboxylic acids is 1. The second kappa shape index (κ2) is 8.75. The molecule has 0 bridgehead atoms. The van der Waals surface area contributed by atoms with E-state index < -0.39 is 0 Å². The van der Waals surface area contributed by atoms with E-state index in [2.05, 4.69) is 76.2 Å². The van der Waals surface area contributed by atoms with Gasteiger partial charge < -0.3 is 0 Å². The largest absolute Gasteiger partial charge is 0.289 e. The number of ketones is 1. The number of hydrogen-bond acceptors (Lipinski definition) is 2. The van der Waals surface area contributed by atoms with Crippen molar-refractivity contribution in [1.29, 1.82) is 0 Å². The SMILES string of the molecule is CC(C)c1ccc(/C=C2\CSC/C(=C\c3ccc(C(C)C)cc3)C2=O)cc1. The predicted molar refractivity (Wildman–Crippen MR) is 119 cm³/mol. The average Bonchev–Trinajstić information content (AvgIpc) is 2.66. The molecule has 2 aromatic carbocycles. The van der Waals surface area contributed by atoms with E-state index in [1.165, 1.54) is 11.1 Å². The van der Waals surface area contributed by atoms with Gasteiger partial charge in [-0.15, -0.1) is 0 Å². The van der Waals surface area contributed by atoms with Gasteiger partial charge in [-0.05, 0) is 46.2 Å². The van der Waals surface area contributed by atoms with Crippen LogP contribution in [-0.2, 0) is 4.79 Å². The van der Waals surface area contributed by atoms with Gasteiger partial charge in [0, 0.05) is 22.7 Å². The maximum absolute atomic E-state index is 12.9. The third-order valence-electron chi connectivity index (χ3n) is 4.99. The van der Waals surface area contributed by atoms with E-state index in [0.29, 0.717) is 11.8 Å². The first-order valence-corrected chi connectivity index (χ1v) is 10.8. The van der Waals surface area contributed by atoms with Crippen LogP contribution in [-0.4, -0.2) is 17.3 Å². The highest BCUT2D eigenvalue weighted by atomic mass is 32.2. The molecule has 1 nitrogen and oxygen atoms in total. The molecule has 1 aliphatic rings. The maximum atomic E-state index is 12.9. The van der Waals surface area contributed by atoms with Crippen LogP contribution in [0.15, 0.2) is 59.7 Å². The molecule has 0 aromatic heterocycles. The summed E-state index contributed by atoms with van der Waals surface area (Å²) in [6, 6.07) is 17.1. The third kappa shape index (κ3) is 5.01. The van der Waals surface area contributed by atoms with Crippen molar-refractivity contribution in [3.63, 3.8) is 0 Å². The molecule has 27 heavy (non-hydrogen) atoms. The fourth-order valence-electron chi connectivity index (χ4n) is 3.18. The first-order chi connectivity index (χ1) is 12.9. The summed E-state index contributed by atoms with van der Waals surface area (Å²) in [5, 5.41) is 0. The van der Waals surface area contributed by atoms with Gasteiger partial charge in [0.15, 0.2) is 5.78 Å². The van der Waals surface area contributed by atoms with Crippen LogP contribution in [0.5, 0.6) is 0 Å². The zero-order valence-corrected chi connectivity index (χ0v) is 17.5. The minimum Gasteiger partial charge on any atom is -0.289 e. The highest BCUT2D eigenvalue weighted by Crippen LogP contribution is 2.27. The summed E-state index contributed by atoms with van der Waals surface area (Å²) in [6.45, 7) is 8.78. The highest BCUT2D eigenvalue weighted by Gasteiger charge is 2.21. The molecule has 0 amide bonds. The topological polar surface area (TPSA) is 17.1 Å². The van der Waals surface area contributed by atoms with Crippen molar-refractivity contribution in [2.24, 2.45) is 0 Å². The minimum absolute atomic E-state index is 0.189. The van der Waals surface area contributed by atoms with Crippen molar-refractivity contribution in [2.75, 3.05) is 11.5 Å². The molecule has 2 heteroatoms. The van der Waals surface area contributed by atoms with Crippen LogP contribution in [0.1, 0.15) is 61.8 Å². The van der Waals surface area contributed by atoms with Gasteiger partial charge >= 0.3 is 0 Å². The molecular weight excluding hydrogens is 348 g/mol. The summed E-state index contributed by atoms with van der Waals surface area (Å²) in [5.41, 5.74) is 6.65. The Hall–Kier alpha value is -2.06. The molecule has 0 spiro atoms. The van der Waals surface area contributed by atoms with E-state index in [0.717, 1.165) is 33.8 Å². The van der Waals surface area contributed by atoms with E-state index in [4.69, 9.17) is 0 Å². The summed E-state index contributed by atoms with van der Waals surface area (Å²) in [5.74, 6) is 2.81. The van der Waals surface area contributed by atoms with Crippen molar-refractivity contribution in [3.8, 4) is 0 Å². The van der Waals surface area contributed by atoms with Gasteiger partial charge in [0.1, 0.15) is 0 Å². The Morgan fingerprint density at radius 1 is 0.704 bits per heavy atom. The first-order valence-electron chi connectivity index (χ1n) is 9.67. The van der Waals surface area contributed by atoms with Crippen LogP contribution < -0.4 is 0 Å². The smallest absolute Gasteiger partial charge is 0.186 e. The number of hydrogen-bond donors (Lipinski definition) is 0. The van der Waals surface area contributed by atoms with Crippen LogP contribution >= 0.6 is 11.8 Å². The van der Waals surface area contributed by atoms with Gasteiger partial charge in [-0.1, -0.05) is 76.2 Å². The van der Waals surface area contributed by atoms with E-state index >= 15 is 0 Å². The van der Waals surface area contributed by atoms with Gasteiger partial charge in [0.2, 0.25) is 0 Å². The zero-order valence-electron chi connectivity index (χ0n) is 16.7. The molecule has 0 radical (unpaired) electrons. The van der Waals surface area contributed by atoms with Crippen molar-refractivity contribution < 1.29 is 4.79 Å². The maximum Gasteiger partial charge on any atom is 0.186 e.